The van der Waals surface area contributed by atoms with Crippen LogP contribution >= 0.6 is 0 Å². The van der Waals surface area contributed by atoms with E-state index >= 15 is 0 Å². The molecule has 0 bridgehead atoms. The molecule has 4 rings (SSSR count). The van der Waals surface area contributed by atoms with Gasteiger partial charge in [-0.25, -0.2) is 14.2 Å². The Balaban J connectivity index is 1.64. The Morgan fingerprint density at radius 3 is 2.53 bits per heavy atom. The summed E-state index contributed by atoms with van der Waals surface area (Å²) in [5.41, 5.74) is 4.55. The maximum absolute atomic E-state index is 14.0. The number of nitrogens with one attached hydrogen (secondary N) is 3. The van der Waals surface area contributed by atoms with E-state index in [0.717, 1.165) is 16.8 Å². The second-order valence-corrected chi connectivity index (χ2v) is 6.97. The number of methoxy groups -OCH3 is 1. The van der Waals surface area contributed by atoms with Crippen molar-refractivity contribution in [1.29, 1.82) is 0 Å². The largest absolute Gasteiger partial charge is 0.494 e. The monoisotopic (exact) mass is 409 g/mol. The summed E-state index contributed by atoms with van der Waals surface area (Å²) in [6.07, 6.45) is 1.68. The number of aromatic nitrogens is 3. The summed E-state index contributed by atoms with van der Waals surface area (Å²) < 4.78 is 24.2. The highest BCUT2D eigenvalue weighted by molar-refractivity contribution is 5.81. The first-order valence-corrected chi connectivity index (χ1v) is 9.19. The number of oxazole rings is 1. The fourth-order valence-electron chi connectivity index (χ4n) is 3.16. The molecule has 30 heavy (non-hydrogen) atoms. The summed E-state index contributed by atoms with van der Waals surface area (Å²) in [5.74, 6) is 0.160. The van der Waals surface area contributed by atoms with Gasteiger partial charge in [-0.05, 0) is 50.1 Å². The van der Waals surface area contributed by atoms with Gasteiger partial charge in [0.05, 0.1) is 12.6 Å². The lowest BCUT2D eigenvalue weighted by Crippen LogP contribution is -2.04. The molecule has 3 N–H and O–H groups in total. The standard InChI is InChI=1S/C21H20FN5O3/c1-10-5-14(8-16(29-4)17(10)22)25-20-23-9-12(3)19(27-20)24-13-6-11(2)18-15(7-13)26-21(28)30-18/h5-9H,1-4H3,(H,26,28)(H2,23,24,25,27). The second-order valence-electron chi connectivity index (χ2n) is 6.97. The summed E-state index contributed by atoms with van der Waals surface area (Å²) in [6.45, 7) is 5.39. The highest BCUT2D eigenvalue weighted by Crippen LogP contribution is 2.28. The van der Waals surface area contributed by atoms with Crippen molar-refractivity contribution in [3.8, 4) is 5.75 Å². The molecule has 2 aromatic carbocycles. The molecule has 154 valence electrons. The fourth-order valence-corrected chi connectivity index (χ4v) is 3.16. The van der Waals surface area contributed by atoms with Crippen molar-refractivity contribution in [2.24, 2.45) is 0 Å². The Kier molecular flexibility index (Phi) is 4.86. The van der Waals surface area contributed by atoms with Gasteiger partial charge in [0.1, 0.15) is 5.82 Å². The first-order valence-electron chi connectivity index (χ1n) is 9.19. The number of anilines is 4. The SMILES string of the molecule is COc1cc(Nc2ncc(C)c(Nc3cc(C)c4oc(=O)[nH]c4c3)n2)cc(C)c1F. The zero-order valence-corrected chi connectivity index (χ0v) is 16.9. The molecule has 0 saturated heterocycles. The Morgan fingerprint density at radius 2 is 1.77 bits per heavy atom. The third-order valence-electron chi connectivity index (χ3n) is 4.64. The van der Waals surface area contributed by atoms with Gasteiger partial charge in [0.15, 0.2) is 17.1 Å². The number of fused-ring (bicyclic) bond motifs is 1. The summed E-state index contributed by atoms with van der Waals surface area (Å²) in [6, 6.07) is 6.84. The Labute approximate surface area is 171 Å². The minimum Gasteiger partial charge on any atom is -0.494 e. The molecule has 0 saturated carbocycles. The van der Waals surface area contributed by atoms with Gasteiger partial charge in [-0.15, -0.1) is 0 Å². The Morgan fingerprint density at radius 1 is 1.03 bits per heavy atom. The van der Waals surface area contributed by atoms with Crippen LogP contribution in [0.3, 0.4) is 0 Å². The van der Waals surface area contributed by atoms with Crippen LogP contribution < -0.4 is 21.1 Å². The highest BCUT2D eigenvalue weighted by atomic mass is 19.1. The number of nitrogens with zero attached hydrogens (tertiary/aromatic N) is 2. The Hall–Kier alpha value is -3.88. The first kappa shape index (κ1) is 19.4. The molecule has 0 aliphatic carbocycles. The van der Waals surface area contributed by atoms with Gasteiger partial charge in [0, 0.05) is 29.2 Å². The number of rotatable bonds is 5. The van der Waals surface area contributed by atoms with Crippen LogP contribution in [-0.4, -0.2) is 22.1 Å². The quantitative estimate of drug-likeness (QED) is 0.447. The van der Waals surface area contributed by atoms with Gasteiger partial charge in [-0.2, -0.15) is 4.98 Å². The van der Waals surface area contributed by atoms with E-state index in [9.17, 15) is 9.18 Å². The summed E-state index contributed by atoms with van der Waals surface area (Å²) >= 11 is 0. The lowest BCUT2D eigenvalue weighted by atomic mass is 10.2. The van der Waals surface area contributed by atoms with E-state index in [4.69, 9.17) is 9.15 Å². The normalized spacial score (nSPS) is 11.0. The molecule has 0 fully saturated rings. The van der Waals surface area contributed by atoms with Crippen molar-refractivity contribution in [1.82, 2.24) is 15.0 Å². The molecule has 0 radical (unpaired) electrons. The molecule has 0 aliphatic rings. The van der Waals surface area contributed by atoms with E-state index in [1.165, 1.54) is 7.11 Å². The molecule has 9 heteroatoms. The van der Waals surface area contributed by atoms with Crippen LogP contribution in [0, 0.1) is 26.6 Å². The van der Waals surface area contributed by atoms with E-state index in [1.807, 2.05) is 19.9 Å². The van der Waals surface area contributed by atoms with Gasteiger partial charge in [-0.3, -0.25) is 4.98 Å². The number of aryl methyl sites for hydroxylation is 3. The van der Waals surface area contributed by atoms with Crippen molar-refractivity contribution in [2.75, 3.05) is 17.7 Å². The van der Waals surface area contributed by atoms with Crippen LogP contribution in [0.1, 0.15) is 16.7 Å². The molecular weight excluding hydrogens is 389 g/mol. The van der Waals surface area contributed by atoms with Crippen LogP contribution in [0.15, 0.2) is 39.7 Å². The van der Waals surface area contributed by atoms with E-state index in [1.54, 1.807) is 31.3 Å². The number of H-pyrrole nitrogens is 1. The van der Waals surface area contributed by atoms with Gasteiger partial charge in [0.2, 0.25) is 5.95 Å². The molecular formula is C21H20FN5O3. The fraction of sp³-hybridized carbons (Fsp3) is 0.190. The molecule has 0 spiro atoms. The lowest BCUT2D eigenvalue weighted by Gasteiger charge is -2.13. The number of halogens is 1. The van der Waals surface area contributed by atoms with Crippen molar-refractivity contribution in [3.63, 3.8) is 0 Å². The minimum atomic E-state index is -0.500. The summed E-state index contributed by atoms with van der Waals surface area (Å²) in [7, 11) is 1.41. The van der Waals surface area contributed by atoms with Crippen LogP contribution in [0.5, 0.6) is 5.75 Å². The summed E-state index contributed by atoms with van der Waals surface area (Å²) in [5, 5.41) is 6.32. The maximum Gasteiger partial charge on any atom is 0.417 e. The predicted octanol–water partition coefficient (Wildman–Crippen LogP) is 4.47. The lowest BCUT2D eigenvalue weighted by molar-refractivity contribution is 0.385. The molecule has 2 aromatic heterocycles. The smallest absolute Gasteiger partial charge is 0.417 e. The van der Waals surface area contributed by atoms with Gasteiger partial charge < -0.3 is 19.8 Å². The molecule has 0 unspecified atom stereocenters. The number of benzene rings is 2. The number of hydrogen-bond donors (Lipinski definition) is 3. The first-order chi connectivity index (χ1) is 14.3. The van der Waals surface area contributed by atoms with Crippen molar-refractivity contribution < 1.29 is 13.5 Å². The third-order valence-corrected chi connectivity index (χ3v) is 4.64. The van der Waals surface area contributed by atoms with E-state index in [0.29, 0.717) is 34.1 Å². The van der Waals surface area contributed by atoms with Crippen molar-refractivity contribution in [2.45, 2.75) is 20.8 Å². The Bertz CT molecular complexity index is 1310. The van der Waals surface area contributed by atoms with Gasteiger partial charge in [-0.1, -0.05) is 0 Å². The highest BCUT2D eigenvalue weighted by Gasteiger charge is 2.12. The van der Waals surface area contributed by atoms with Crippen molar-refractivity contribution in [3.05, 3.63) is 63.5 Å². The molecule has 0 atom stereocenters. The zero-order chi connectivity index (χ0) is 21.4. The van der Waals surface area contributed by atoms with E-state index < -0.39 is 11.6 Å². The number of ether oxygens (including phenoxy) is 1. The van der Waals surface area contributed by atoms with Crippen LogP contribution in [0.4, 0.5) is 27.5 Å². The zero-order valence-electron chi connectivity index (χ0n) is 16.9. The molecule has 0 amide bonds. The maximum atomic E-state index is 14.0. The third kappa shape index (κ3) is 3.69. The van der Waals surface area contributed by atoms with Gasteiger partial charge in [0.25, 0.3) is 0 Å². The molecule has 2 heterocycles. The minimum absolute atomic E-state index is 0.140. The average Bonchev–Trinajstić information content (AvgIpc) is 3.08. The second kappa shape index (κ2) is 7.51. The van der Waals surface area contributed by atoms with E-state index in [2.05, 4.69) is 25.6 Å². The molecule has 0 aliphatic heterocycles. The molecule has 8 nitrogen and oxygen atoms in total. The number of hydrogen-bond acceptors (Lipinski definition) is 7. The predicted molar refractivity (Wildman–Crippen MR) is 113 cm³/mol. The summed E-state index contributed by atoms with van der Waals surface area (Å²) in [4.78, 5) is 22.9. The van der Waals surface area contributed by atoms with Crippen LogP contribution in [0.2, 0.25) is 0 Å². The van der Waals surface area contributed by atoms with Crippen molar-refractivity contribution >= 4 is 34.2 Å². The van der Waals surface area contributed by atoms with E-state index in [-0.39, 0.29) is 5.75 Å². The topological polar surface area (TPSA) is 105 Å². The molecule has 4 aromatic rings. The number of aromatic amines is 1. The van der Waals surface area contributed by atoms with Crippen LogP contribution in [-0.2, 0) is 0 Å². The van der Waals surface area contributed by atoms with Gasteiger partial charge >= 0.3 is 5.76 Å². The van der Waals surface area contributed by atoms with Crippen LogP contribution in [0.25, 0.3) is 11.1 Å². The average molecular weight is 409 g/mol.